The highest BCUT2D eigenvalue weighted by atomic mass is 16.5. The van der Waals surface area contributed by atoms with E-state index in [1.807, 2.05) is 6.92 Å². The van der Waals surface area contributed by atoms with E-state index in [2.05, 4.69) is 10.1 Å². The van der Waals surface area contributed by atoms with Gasteiger partial charge in [-0.25, -0.2) is 4.79 Å². The van der Waals surface area contributed by atoms with Crippen molar-refractivity contribution in [3.8, 4) is 0 Å². The minimum Gasteiger partial charge on any atom is -0.467 e. The van der Waals surface area contributed by atoms with Gasteiger partial charge in [0.1, 0.15) is 17.6 Å². The third-order valence-electron chi connectivity index (χ3n) is 2.69. The van der Waals surface area contributed by atoms with E-state index >= 15 is 0 Å². The number of ether oxygens (including phenoxy) is 1. The molecule has 0 spiro atoms. The van der Waals surface area contributed by atoms with Crippen molar-refractivity contribution in [3.63, 3.8) is 0 Å². The first kappa shape index (κ1) is 13.3. The number of furan rings is 1. The average molecular weight is 239 g/mol. The second-order valence-corrected chi connectivity index (χ2v) is 3.93. The van der Waals surface area contributed by atoms with Crippen molar-refractivity contribution in [3.05, 3.63) is 22.6 Å². The van der Waals surface area contributed by atoms with Crippen molar-refractivity contribution < 1.29 is 18.7 Å². The van der Waals surface area contributed by atoms with Crippen molar-refractivity contribution in [2.75, 3.05) is 7.11 Å². The van der Waals surface area contributed by atoms with E-state index in [9.17, 15) is 9.59 Å². The molecule has 17 heavy (non-hydrogen) atoms. The Morgan fingerprint density at radius 2 is 1.82 bits per heavy atom. The van der Waals surface area contributed by atoms with E-state index in [1.54, 1.807) is 20.8 Å². The largest absolute Gasteiger partial charge is 0.467 e. The molecule has 0 saturated carbocycles. The maximum Gasteiger partial charge on any atom is 0.328 e. The minimum atomic E-state index is -0.679. The number of esters is 1. The van der Waals surface area contributed by atoms with Crippen LogP contribution in [0.4, 0.5) is 0 Å². The van der Waals surface area contributed by atoms with Crippen molar-refractivity contribution in [1.82, 2.24) is 5.32 Å². The van der Waals surface area contributed by atoms with Gasteiger partial charge in [0.2, 0.25) is 0 Å². The zero-order chi connectivity index (χ0) is 13.2. The average Bonchev–Trinajstić information content (AvgIpc) is 2.51. The quantitative estimate of drug-likeness (QED) is 0.811. The van der Waals surface area contributed by atoms with E-state index < -0.39 is 12.0 Å². The molecule has 0 radical (unpaired) electrons. The second kappa shape index (κ2) is 5.03. The smallest absolute Gasteiger partial charge is 0.328 e. The predicted molar refractivity (Wildman–Crippen MR) is 61.9 cm³/mol. The molecule has 0 aromatic carbocycles. The summed E-state index contributed by atoms with van der Waals surface area (Å²) in [5.41, 5.74) is 1.27. The summed E-state index contributed by atoms with van der Waals surface area (Å²) in [5, 5.41) is 2.57. The Hall–Kier alpha value is -1.78. The highest BCUT2D eigenvalue weighted by Gasteiger charge is 2.22. The zero-order valence-corrected chi connectivity index (χ0v) is 10.7. The summed E-state index contributed by atoms with van der Waals surface area (Å²) in [6.45, 7) is 6.89. The van der Waals surface area contributed by atoms with Gasteiger partial charge in [-0.3, -0.25) is 4.79 Å². The van der Waals surface area contributed by atoms with Crippen LogP contribution in [0.1, 0.15) is 34.4 Å². The number of rotatable bonds is 3. The first-order valence-electron chi connectivity index (χ1n) is 5.33. The SMILES string of the molecule is COC(=O)C(C)NC(=O)c1c(C)oc(C)c1C. The maximum atomic E-state index is 12.0. The molecule has 94 valence electrons. The summed E-state index contributed by atoms with van der Waals surface area (Å²) in [6, 6.07) is -0.679. The number of methoxy groups -OCH3 is 1. The number of aryl methyl sites for hydroxylation is 2. The van der Waals surface area contributed by atoms with Crippen molar-refractivity contribution in [2.45, 2.75) is 33.7 Å². The molecular formula is C12H17NO4. The van der Waals surface area contributed by atoms with E-state index in [0.717, 1.165) is 5.56 Å². The molecule has 1 heterocycles. The van der Waals surface area contributed by atoms with Gasteiger partial charge in [-0.2, -0.15) is 0 Å². The monoisotopic (exact) mass is 239 g/mol. The number of hydrogen-bond donors (Lipinski definition) is 1. The van der Waals surface area contributed by atoms with Gasteiger partial charge in [0.25, 0.3) is 5.91 Å². The Morgan fingerprint density at radius 3 is 2.24 bits per heavy atom. The predicted octanol–water partition coefficient (Wildman–Crippen LogP) is 1.50. The normalized spacial score (nSPS) is 12.1. The molecule has 0 fully saturated rings. The molecule has 5 nitrogen and oxygen atoms in total. The van der Waals surface area contributed by atoms with Crippen LogP contribution in [0.25, 0.3) is 0 Å². The van der Waals surface area contributed by atoms with Crippen LogP contribution in [0.3, 0.4) is 0 Å². The highest BCUT2D eigenvalue weighted by molar-refractivity contribution is 5.98. The van der Waals surface area contributed by atoms with E-state index in [4.69, 9.17) is 4.42 Å². The Balaban J connectivity index is 2.87. The number of amides is 1. The first-order valence-corrected chi connectivity index (χ1v) is 5.33. The topological polar surface area (TPSA) is 68.5 Å². The van der Waals surface area contributed by atoms with Gasteiger partial charge < -0.3 is 14.5 Å². The molecule has 0 bridgehead atoms. The van der Waals surface area contributed by atoms with Gasteiger partial charge >= 0.3 is 5.97 Å². The number of nitrogens with one attached hydrogen (secondary N) is 1. The molecule has 1 aromatic rings. The maximum absolute atomic E-state index is 12.0. The third-order valence-corrected chi connectivity index (χ3v) is 2.69. The van der Waals surface area contributed by atoms with Crippen LogP contribution in [-0.4, -0.2) is 25.0 Å². The van der Waals surface area contributed by atoms with Crippen molar-refractivity contribution in [1.29, 1.82) is 0 Å². The minimum absolute atomic E-state index is 0.324. The fourth-order valence-corrected chi connectivity index (χ4v) is 1.63. The van der Waals surface area contributed by atoms with E-state index in [0.29, 0.717) is 17.1 Å². The van der Waals surface area contributed by atoms with Crippen LogP contribution in [0.15, 0.2) is 4.42 Å². The van der Waals surface area contributed by atoms with Crippen LogP contribution in [0.2, 0.25) is 0 Å². The lowest BCUT2D eigenvalue weighted by molar-refractivity contribution is -0.142. The summed E-state index contributed by atoms with van der Waals surface area (Å²) in [7, 11) is 1.28. The van der Waals surface area contributed by atoms with Gasteiger partial charge in [-0.1, -0.05) is 0 Å². The summed E-state index contributed by atoms with van der Waals surface area (Å²) in [4.78, 5) is 23.1. The molecule has 0 saturated heterocycles. The molecule has 1 amide bonds. The highest BCUT2D eigenvalue weighted by Crippen LogP contribution is 2.20. The lowest BCUT2D eigenvalue weighted by Crippen LogP contribution is -2.39. The summed E-state index contributed by atoms with van der Waals surface area (Å²) >= 11 is 0. The summed E-state index contributed by atoms with van der Waals surface area (Å²) in [5.74, 6) is 0.455. The number of hydrogen-bond acceptors (Lipinski definition) is 4. The van der Waals surface area contributed by atoms with E-state index in [-0.39, 0.29) is 5.91 Å². The number of carbonyl (C=O) groups excluding carboxylic acids is 2. The molecule has 1 unspecified atom stereocenters. The Bertz CT molecular complexity index is 448. The Kier molecular flexibility index (Phi) is 3.93. The molecule has 0 aliphatic heterocycles. The fourth-order valence-electron chi connectivity index (χ4n) is 1.63. The molecular weight excluding hydrogens is 222 g/mol. The van der Waals surface area contributed by atoms with Crippen LogP contribution < -0.4 is 5.32 Å². The van der Waals surface area contributed by atoms with Gasteiger partial charge in [0.15, 0.2) is 0 Å². The van der Waals surface area contributed by atoms with Gasteiger partial charge in [0, 0.05) is 5.56 Å². The number of carbonyl (C=O) groups is 2. The standard InChI is InChI=1S/C12H17NO4/c1-6-8(3)17-9(4)10(6)11(14)13-7(2)12(15)16-5/h7H,1-5H3,(H,13,14). The van der Waals surface area contributed by atoms with Gasteiger partial charge in [-0.15, -0.1) is 0 Å². The van der Waals surface area contributed by atoms with Crippen LogP contribution in [-0.2, 0) is 9.53 Å². The molecule has 1 aromatic heterocycles. The Morgan fingerprint density at radius 1 is 1.24 bits per heavy atom. The lowest BCUT2D eigenvalue weighted by atomic mass is 10.1. The molecule has 1 atom stereocenters. The van der Waals surface area contributed by atoms with Gasteiger partial charge in [0.05, 0.1) is 12.7 Å². The first-order chi connectivity index (χ1) is 7.88. The zero-order valence-electron chi connectivity index (χ0n) is 10.7. The van der Waals surface area contributed by atoms with Crippen molar-refractivity contribution >= 4 is 11.9 Å². The van der Waals surface area contributed by atoms with Crippen molar-refractivity contribution in [2.24, 2.45) is 0 Å². The molecule has 0 aliphatic carbocycles. The molecule has 1 rings (SSSR count). The summed E-state index contributed by atoms with van der Waals surface area (Å²) < 4.78 is 9.90. The van der Waals surface area contributed by atoms with Crippen LogP contribution >= 0.6 is 0 Å². The van der Waals surface area contributed by atoms with Crippen LogP contribution in [0.5, 0.6) is 0 Å². The summed E-state index contributed by atoms with van der Waals surface area (Å²) in [6.07, 6.45) is 0. The Labute approximate surface area is 100 Å². The molecule has 1 N–H and O–H groups in total. The molecule has 5 heteroatoms. The van der Waals surface area contributed by atoms with Crippen LogP contribution in [0, 0.1) is 20.8 Å². The third kappa shape index (κ3) is 2.67. The van der Waals surface area contributed by atoms with Gasteiger partial charge in [-0.05, 0) is 27.7 Å². The molecule has 0 aliphatic rings. The fraction of sp³-hybridized carbons (Fsp3) is 0.500. The second-order valence-electron chi connectivity index (χ2n) is 3.93. The van der Waals surface area contributed by atoms with E-state index in [1.165, 1.54) is 7.11 Å². The lowest BCUT2D eigenvalue weighted by Gasteiger charge is -2.11.